The number of nitrogens with zero attached hydrogens (tertiary/aromatic N) is 3. The summed E-state index contributed by atoms with van der Waals surface area (Å²) in [6.07, 6.45) is 0.987. The lowest BCUT2D eigenvalue weighted by Crippen LogP contribution is -2.20. The first-order valence-corrected chi connectivity index (χ1v) is 4.83. The Morgan fingerprint density at radius 1 is 1.71 bits per heavy atom. The second kappa shape index (κ2) is 5.92. The molecule has 1 heterocycles. The van der Waals surface area contributed by atoms with E-state index in [-0.39, 0.29) is 23.6 Å². The third-order valence-corrected chi connectivity index (χ3v) is 2.05. The second-order valence-corrected chi connectivity index (χ2v) is 3.26. The van der Waals surface area contributed by atoms with Crippen molar-refractivity contribution in [2.75, 3.05) is 24.4 Å². The Kier molecular flexibility index (Phi) is 4.55. The molecule has 0 aliphatic rings. The summed E-state index contributed by atoms with van der Waals surface area (Å²) >= 11 is 0. The van der Waals surface area contributed by atoms with Gasteiger partial charge in [-0.25, -0.2) is 10.8 Å². The second-order valence-electron chi connectivity index (χ2n) is 3.26. The lowest BCUT2D eigenvalue weighted by atomic mass is 10.4. The van der Waals surface area contributed by atoms with Gasteiger partial charge in [-0.2, -0.15) is 4.98 Å². The molecule has 9 heteroatoms. The third-order valence-electron chi connectivity index (χ3n) is 2.05. The predicted molar refractivity (Wildman–Crippen MR) is 61.5 cm³/mol. The summed E-state index contributed by atoms with van der Waals surface area (Å²) in [6, 6.07) is 0. The number of aromatic nitrogens is 2. The molecule has 4 N–H and O–H groups in total. The fourth-order valence-corrected chi connectivity index (χ4v) is 1.03. The first-order valence-electron chi connectivity index (χ1n) is 4.83. The molecule has 9 nitrogen and oxygen atoms in total. The van der Waals surface area contributed by atoms with Crippen LogP contribution in [0.5, 0.6) is 0 Å². The minimum absolute atomic E-state index is 0.0983. The minimum Gasteiger partial charge on any atom is -0.380 e. The number of nitrogens with two attached hydrogens (primary N) is 1. The Bertz CT molecular complexity index is 399. The predicted octanol–water partition coefficient (Wildman–Crippen LogP) is 0.117. The maximum absolute atomic E-state index is 10.7. The van der Waals surface area contributed by atoms with Crippen LogP contribution in [0.25, 0.3) is 0 Å². The van der Waals surface area contributed by atoms with Gasteiger partial charge in [0.15, 0.2) is 0 Å². The molecule has 0 radical (unpaired) electrons. The van der Waals surface area contributed by atoms with E-state index in [0.717, 1.165) is 6.20 Å². The summed E-state index contributed by atoms with van der Waals surface area (Å²) < 4.78 is 5.01. The van der Waals surface area contributed by atoms with E-state index >= 15 is 0 Å². The largest absolute Gasteiger partial charge is 0.380 e. The molecule has 94 valence electrons. The lowest BCUT2D eigenvalue weighted by Gasteiger charge is -2.11. The van der Waals surface area contributed by atoms with E-state index in [1.807, 2.05) is 6.92 Å². The van der Waals surface area contributed by atoms with Crippen LogP contribution in [0, 0.1) is 10.1 Å². The van der Waals surface area contributed by atoms with Gasteiger partial charge in [0, 0.05) is 13.7 Å². The van der Waals surface area contributed by atoms with Gasteiger partial charge in [-0.15, -0.1) is 0 Å². The fraction of sp³-hybridized carbons (Fsp3) is 0.500. The van der Waals surface area contributed by atoms with Crippen LogP contribution in [0.2, 0.25) is 0 Å². The molecule has 0 saturated heterocycles. The lowest BCUT2D eigenvalue weighted by molar-refractivity contribution is -0.384. The molecule has 0 amide bonds. The van der Waals surface area contributed by atoms with E-state index in [1.165, 1.54) is 0 Å². The molecular formula is C8H14N6O3. The molecule has 0 saturated carbocycles. The van der Waals surface area contributed by atoms with Crippen molar-refractivity contribution in [3.05, 3.63) is 16.3 Å². The Hall–Kier alpha value is -2.00. The SMILES string of the molecule is COC(C)CNc1nc(NN)ncc1[N+](=O)[O-]. The van der Waals surface area contributed by atoms with Crippen molar-refractivity contribution < 1.29 is 9.66 Å². The van der Waals surface area contributed by atoms with Crippen molar-refractivity contribution in [1.82, 2.24) is 9.97 Å². The Balaban J connectivity index is 2.89. The quantitative estimate of drug-likeness (QED) is 0.364. The Morgan fingerprint density at radius 3 is 2.94 bits per heavy atom. The van der Waals surface area contributed by atoms with E-state index < -0.39 is 4.92 Å². The highest BCUT2D eigenvalue weighted by Crippen LogP contribution is 2.21. The van der Waals surface area contributed by atoms with E-state index in [9.17, 15) is 10.1 Å². The number of nitrogens with one attached hydrogen (secondary N) is 2. The summed E-state index contributed by atoms with van der Waals surface area (Å²) in [5.41, 5.74) is 2.00. The zero-order valence-corrected chi connectivity index (χ0v) is 9.51. The first-order chi connectivity index (χ1) is 8.08. The van der Waals surface area contributed by atoms with Crippen molar-refractivity contribution in [2.24, 2.45) is 5.84 Å². The monoisotopic (exact) mass is 242 g/mol. The molecule has 1 aromatic rings. The standard InChI is InChI=1S/C8H14N6O3/c1-5(17-2)3-10-7-6(14(15)16)4-11-8(12-7)13-9/h4-5H,3,9H2,1-2H3,(H2,10,11,12,13). The highest BCUT2D eigenvalue weighted by molar-refractivity contribution is 5.56. The molecule has 0 bridgehead atoms. The number of hydrogen-bond acceptors (Lipinski definition) is 8. The van der Waals surface area contributed by atoms with Crippen LogP contribution >= 0.6 is 0 Å². The van der Waals surface area contributed by atoms with Crippen molar-refractivity contribution in [3.63, 3.8) is 0 Å². The molecule has 0 aromatic carbocycles. The van der Waals surface area contributed by atoms with Crippen LogP contribution in [-0.4, -0.2) is 34.6 Å². The highest BCUT2D eigenvalue weighted by Gasteiger charge is 2.17. The van der Waals surface area contributed by atoms with Gasteiger partial charge in [-0.05, 0) is 6.92 Å². The Labute approximate surface area is 97.5 Å². The van der Waals surface area contributed by atoms with Gasteiger partial charge in [0.1, 0.15) is 6.20 Å². The van der Waals surface area contributed by atoms with E-state index in [4.69, 9.17) is 10.6 Å². The van der Waals surface area contributed by atoms with Crippen LogP contribution in [0.15, 0.2) is 6.20 Å². The van der Waals surface area contributed by atoms with E-state index in [2.05, 4.69) is 20.7 Å². The minimum atomic E-state index is -0.569. The van der Waals surface area contributed by atoms with Gasteiger partial charge in [0.05, 0.1) is 11.0 Å². The molecular weight excluding hydrogens is 228 g/mol. The molecule has 17 heavy (non-hydrogen) atoms. The number of methoxy groups -OCH3 is 1. The number of nitrogen functional groups attached to an aromatic ring is 1. The van der Waals surface area contributed by atoms with Crippen LogP contribution < -0.4 is 16.6 Å². The van der Waals surface area contributed by atoms with Crippen LogP contribution in [0.1, 0.15) is 6.92 Å². The summed E-state index contributed by atoms with van der Waals surface area (Å²) in [4.78, 5) is 17.7. The van der Waals surface area contributed by atoms with E-state index in [1.54, 1.807) is 7.11 Å². The molecule has 0 aliphatic heterocycles. The smallest absolute Gasteiger partial charge is 0.329 e. The third kappa shape index (κ3) is 3.50. The summed E-state index contributed by atoms with van der Waals surface area (Å²) in [5.74, 6) is 5.33. The van der Waals surface area contributed by atoms with Gasteiger partial charge >= 0.3 is 5.69 Å². The zero-order chi connectivity index (χ0) is 12.8. The summed E-state index contributed by atoms with van der Waals surface area (Å²) in [6.45, 7) is 2.21. The van der Waals surface area contributed by atoms with Crippen molar-refractivity contribution in [1.29, 1.82) is 0 Å². The number of rotatable bonds is 6. The average Bonchev–Trinajstić information content (AvgIpc) is 2.35. The zero-order valence-electron chi connectivity index (χ0n) is 9.51. The number of hydrazine groups is 1. The molecule has 1 aromatic heterocycles. The van der Waals surface area contributed by atoms with Gasteiger partial charge in [0.25, 0.3) is 0 Å². The van der Waals surface area contributed by atoms with Crippen molar-refractivity contribution in [2.45, 2.75) is 13.0 Å². The summed E-state index contributed by atoms with van der Waals surface area (Å²) in [7, 11) is 1.55. The van der Waals surface area contributed by atoms with Crippen LogP contribution in [-0.2, 0) is 4.74 Å². The highest BCUT2D eigenvalue weighted by atomic mass is 16.6. The number of nitro groups is 1. The van der Waals surface area contributed by atoms with Crippen LogP contribution in [0.3, 0.4) is 0 Å². The maximum Gasteiger partial charge on any atom is 0.329 e. The van der Waals surface area contributed by atoms with Crippen molar-refractivity contribution in [3.8, 4) is 0 Å². The molecule has 1 atom stereocenters. The molecule has 0 spiro atoms. The van der Waals surface area contributed by atoms with Gasteiger partial charge in [0.2, 0.25) is 11.8 Å². The molecule has 0 fully saturated rings. The van der Waals surface area contributed by atoms with Crippen molar-refractivity contribution >= 4 is 17.5 Å². The normalized spacial score (nSPS) is 11.9. The van der Waals surface area contributed by atoms with Crippen LogP contribution in [0.4, 0.5) is 17.5 Å². The van der Waals surface area contributed by atoms with Gasteiger partial charge in [-0.1, -0.05) is 0 Å². The van der Waals surface area contributed by atoms with Gasteiger partial charge in [-0.3, -0.25) is 15.5 Å². The fourth-order valence-electron chi connectivity index (χ4n) is 1.03. The van der Waals surface area contributed by atoms with Gasteiger partial charge < -0.3 is 10.1 Å². The number of anilines is 2. The summed E-state index contributed by atoms with van der Waals surface area (Å²) in [5, 5.41) is 13.5. The first kappa shape index (κ1) is 13.1. The molecule has 1 rings (SSSR count). The van der Waals surface area contributed by atoms with E-state index in [0.29, 0.717) is 6.54 Å². The Morgan fingerprint density at radius 2 is 2.41 bits per heavy atom. The maximum atomic E-state index is 10.7. The topological polar surface area (TPSA) is 128 Å². The number of hydrogen-bond donors (Lipinski definition) is 3. The molecule has 0 aliphatic carbocycles. The number of ether oxygens (including phenoxy) is 1. The molecule has 1 unspecified atom stereocenters. The average molecular weight is 242 g/mol.